The van der Waals surface area contributed by atoms with E-state index in [1.807, 2.05) is 55.5 Å². The fourth-order valence-electron chi connectivity index (χ4n) is 2.57. The molecule has 3 atom stereocenters. The number of ether oxygens (including phenoxy) is 3. The SMILES string of the molecule is C[C@@H]1OC=C[C@H](OC(=O)c2ccccc2)[C@@H]1OCc1ccccc1. The van der Waals surface area contributed by atoms with Crippen LogP contribution in [0.2, 0.25) is 0 Å². The van der Waals surface area contributed by atoms with Crippen molar-refractivity contribution in [3.63, 3.8) is 0 Å². The standard InChI is InChI=1S/C20H20O4/c1-15-19(23-14-16-8-4-2-5-9-16)18(12-13-22-15)24-20(21)17-10-6-3-7-11-17/h2-13,15,18-19H,14H2,1H3/t15-,18-,19+/m0/s1. The van der Waals surface area contributed by atoms with Gasteiger partial charge in [0, 0.05) is 0 Å². The molecule has 0 fully saturated rings. The summed E-state index contributed by atoms with van der Waals surface area (Å²) in [6, 6.07) is 18.8. The molecule has 0 spiro atoms. The van der Waals surface area contributed by atoms with Gasteiger partial charge in [-0.05, 0) is 30.7 Å². The highest BCUT2D eigenvalue weighted by atomic mass is 16.6. The van der Waals surface area contributed by atoms with Crippen LogP contribution in [0.1, 0.15) is 22.8 Å². The van der Waals surface area contributed by atoms with Gasteiger partial charge in [0.1, 0.15) is 12.2 Å². The lowest BCUT2D eigenvalue weighted by Crippen LogP contribution is -2.43. The van der Waals surface area contributed by atoms with E-state index in [0.717, 1.165) is 5.56 Å². The van der Waals surface area contributed by atoms with Crippen LogP contribution < -0.4 is 0 Å². The van der Waals surface area contributed by atoms with Gasteiger partial charge in [-0.15, -0.1) is 0 Å². The van der Waals surface area contributed by atoms with Gasteiger partial charge in [-0.2, -0.15) is 0 Å². The number of esters is 1. The zero-order valence-electron chi connectivity index (χ0n) is 13.5. The predicted molar refractivity (Wildman–Crippen MR) is 90.4 cm³/mol. The highest BCUT2D eigenvalue weighted by Gasteiger charge is 2.33. The molecule has 4 nitrogen and oxygen atoms in total. The molecule has 0 bridgehead atoms. The van der Waals surface area contributed by atoms with E-state index in [-0.39, 0.29) is 18.2 Å². The third-order valence-corrected chi connectivity index (χ3v) is 3.89. The van der Waals surface area contributed by atoms with Crippen molar-refractivity contribution in [1.82, 2.24) is 0 Å². The highest BCUT2D eigenvalue weighted by Crippen LogP contribution is 2.21. The lowest BCUT2D eigenvalue weighted by molar-refractivity contribution is -0.106. The summed E-state index contributed by atoms with van der Waals surface area (Å²) in [6.07, 6.45) is 2.24. The Bertz CT molecular complexity index is 681. The topological polar surface area (TPSA) is 44.8 Å². The molecule has 0 saturated carbocycles. The number of carbonyl (C=O) groups excluding carboxylic acids is 1. The van der Waals surface area contributed by atoms with E-state index in [0.29, 0.717) is 12.2 Å². The average Bonchev–Trinajstić information content (AvgIpc) is 2.63. The second-order valence-corrected chi connectivity index (χ2v) is 5.67. The third-order valence-electron chi connectivity index (χ3n) is 3.89. The van der Waals surface area contributed by atoms with Gasteiger partial charge in [-0.25, -0.2) is 4.79 Å². The second-order valence-electron chi connectivity index (χ2n) is 5.67. The Hall–Kier alpha value is -2.59. The van der Waals surface area contributed by atoms with E-state index in [4.69, 9.17) is 14.2 Å². The molecule has 0 N–H and O–H groups in total. The minimum absolute atomic E-state index is 0.202. The largest absolute Gasteiger partial charge is 0.496 e. The van der Waals surface area contributed by atoms with Crippen LogP contribution >= 0.6 is 0 Å². The Kier molecular flexibility index (Phi) is 5.29. The summed E-state index contributed by atoms with van der Waals surface area (Å²) >= 11 is 0. The fourth-order valence-corrected chi connectivity index (χ4v) is 2.57. The van der Waals surface area contributed by atoms with E-state index < -0.39 is 6.10 Å². The summed E-state index contributed by atoms with van der Waals surface area (Å²) < 4.78 is 17.1. The molecule has 0 amide bonds. The fraction of sp³-hybridized carbons (Fsp3) is 0.250. The molecule has 1 aliphatic rings. The summed E-state index contributed by atoms with van der Waals surface area (Å²) in [4.78, 5) is 12.3. The molecule has 0 aromatic heterocycles. The summed E-state index contributed by atoms with van der Waals surface area (Å²) in [5.74, 6) is -0.368. The van der Waals surface area contributed by atoms with Gasteiger partial charge in [0.05, 0.1) is 18.4 Å². The molecule has 0 radical (unpaired) electrons. The van der Waals surface area contributed by atoms with Crippen LogP contribution in [-0.2, 0) is 20.8 Å². The van der Waals surface area contributed by atoms with Gasteiger partial charge >= 0.3 is 5.97 Å². The molecular formula is C20H20O4. The molecule has 2 aromatic rings. The van der Waals surface area contributed by atoms with Crippen molar-refractivity contribution < 1.29 is 19.0 Å². The normalized spacial score (nSPS) is 22.6. The maximum Gasteiger partial charge on any atom is 0.338 e. The van der Waals surface area contributed by atoms with E-state index in [9.17, 15) is 4.79 Å². The minimum atomic E-state index is -0.481. The lowest BCUT2D eigenvalue weighted by atomic mass is 10.1. The minimum Gasteiger partial charge on any atom is -0.496 e. The molecule has 124 valence electrons. The maximum absolute atomic E-state index is 12.3. The molecule has 0 saturated heterocycles. The van der Waals surface area contributed by atoms with E-state index >= 15 is 0 Å². The highest BCUT2D eigenvalue weighted by molar-refractivity contribution is 5.89. The molecule has 1 aliphatic heterocycles. The van der Waals surface area contributed by atoms with Crippen LogP contribution in [0.15, 0.2) is 73.0 Å². The Morgan fingerprint density at radius 1 is 1.04 bits per heavy atom. The van der Waals surface area contributed by atoms with Gasteiger partial charge in [-0.3, -0.25) is 0 Å². The summed E-state index contributed by atoms with van der Waals surface area (Å²) in [6.45, 7) is 2.34. The van der Waals surface area contributed by atoms with Gasteiger partial charge in [0.15, 0.2) is 6.10 Å². The molecule has 3 rings (SSSR count). The quantitative estimate of drug-likeness (QED) is 0.786. The average molecular weight is 324 g/mol. The van der Waals surface area contributed by atoms with Crippen LogP contribution in [0.25, 0.3) is 0 Å². The number of hydrogen-bond donors (Lipinski definition) is 0. The predicted octanol–water partition coefficient (Wildman–Crippen LogP) is 3.73. The summed E-state index contributed by atoms with van der Waals surface area (Å²) in [5.41, 5.74) is 1.58. The van der Waals surface area contributed by atoms with Crippen LogP contribution in [0.3, 0.4) is 0 Å². The molecule has 4 heteroatoms. The van der Waals surface area contributed by atoms with Crippen LogP contribution in [0.5, 0.6) is 0 Å². The molecular weight excluding hydrogens is 304 g/mol. The van der Waals surface area contributed by atoms with Crippen molar-refractivity contribution in [2.75, 3.05) is 0 Å². The van der Waals surface area contributed by atoms with Crippen molar-refractivity contribution in [3.8, 4) is 0 Å². The first-order valence-corrected chi connectivity index (χ1v) is 7.98. The monoisotopic (exact) mass is 324 g/mol. The first-order chi connectivity index (χ1) is 11.7. The number of benzene rings is 2. The van der Waals surface area contributed by atoms with Crippen molar-refractivity contribution in [3.05, 3.63) is 84.1 Å². The lowest BCUT2D eigenvalue weighted by Gasteiger charge is -2.32. The summed E-state index contributed by atoms with van der Waals surface area (Å²) in [5, 5.41) is 0. The van der Waals surface area contributed by atoms with Gasteiger partial charge < -0.3 is 14.2 Å². The van der Waals surface area contributed by atoms with Crippen molar-refractivity contribution in [1.29, 1.82) is 0 Å². The smallest absolute Gasteiger partial charge is 0.338 e. The number of rotatable bonds is 5. The Morgan fingerprint density at radius 2 is 1.71 bits per heavy atom. The summed E-state index contributed by atoms with van der Waals surface area (Å²) in [7, 11) is 0. The molecule has 1 heterocycles. The van der Waals surface area contributed by atoms with E-state index in [1.54, 1.807) is 24.5 Å². The van der Waals surface area contributed by atoms with Crippen molar-refractivity contribution >= 4 is 5.97 Å². The molecule has 0 unspecified atom stereocenters. The Labute approximate surface area is 141 Å². The van der Waals surface area contributed by atoms with Crippen LogP contribution in [-0.4, -0.2) is 24.3 Å². The zero-order chi connectivity index (χ0) is 16.8. The van der Waals surface area contributed by atoms with Gasteiger partial charge in [0.2, 0.25) is 0 Å². The molecule has 2 aromatic carbocycles. The number of carbonyl (C=O) groups is 1. The molecule has 0 aliphatic carbocycles. The first kappa shape index (κ1) is 16.3. The Balaban J connectivity index is 1.66. The zero-order valence-corrected chi connectivity index (χ0v) is 13.5. The van der Waals surface area contributed by atoms with Crippen molar-refractivity contribution in [2.24, 2.45) is 0 Å². The van der Waals surface area contributed by atoms with Crippen LogP contribution in [0.4, 0.5) is 0 Å². The Morgan fingerprint density at radius 3 is 2.42 bits per heavy atom. The van der Waals surface area contributed by atoms with Gasteiger partial charge in [0.25, 0.3) is 0 Å². The van der Waals surface area contributed by atoms with Gasteiger partial charge in [-0.1, -0.05) is 48.5 Å². The first-order valence-electron chi connectivity index (χ1n) is 7.98. The third kappa shape index (κ3) is 4.03. The maximum atomic E-state index is 12.3. The van der Waals surface area contributed by atoms with E-state index in [1.165, 1.54) is 0 Å². The van der Waals surface area contributed by atoms with Crippen molar-refractivity contribution in [2.45, 2.75) is 31.8 Å². The second kappa shape index (κ2) is 7.79. The van der Waals surface area contributed by atoms with E-state index in [2.05, 4.69) is 0 Å². The molecule has 24 heavy (non-hydrogen) atoms. The van der Waals surface area contributed by atoms with Crippen LogP contribution in [0, 0.1) is 0 Å². The number of hydrogen-bond acceptors (Lipinski definition) is 4.